The predicted octanol–water partition coefficient (Wildman–Crippen LogP) is 6.28. The van der Waals surface area contributed by atoms with Crippen molar-refractivity contribution in [2.75, 3.05) is 12.1 Å². The van der Waals surface area contributed by atoms with Gasteiger partial charge >= 0.3 is 0 Å². The molecule has 1 unspecified atom stereocenters. The zero-order chi connectivity index (χ0) is 20.2. The van der Waals surface area contributed by atoms with Gasteiger partial charge in [0, 0.05) is 16.3 Å². The fraction of sp³-hybridized carbons (Fsp3) is 0.130. The summed E-state index contributed by atoms with van der Waals surface area (Å²) in [6, 6.07) is 23.9. The number of thioether (sulfide) groups is 1. The summed E-state index contributed by atoms with van der Waals surface area (Å²) in [5.41, 5.74) is 4.22. The molecule has 0 amide bonds. The van der Waals surface area contributed by atoms with Crippen molar-refractivity contribution in [2.24, 2.45) is 5.10 Å². The molecule has 3 aromatic rings. The van der Waals surface area contributed by atoms with Gasteiger partial charge in [0.15, 0.2) is 0 Å². The lowest BCUT2D eigenvalue weighted by atomic mass is 9.98. The van der Waals surface area contributed by atoms with Gasteiger partial charge in [-0.15, -0.1) is 0 Å². The molecular weight excluding hydrogens is 402 g/mol. The second kappa shape index (κ2) is 8.60. The van der Waals surface area contributed by atoms with E-state index < -0.39 is 0 Å². The van der Waals surface area contributed by atoms with Crippen molar-refractivity contribution in [3.8, 4) is 11.2 Å². The van der Waals surface area contributed by atoms with E-state index in [1.807, 2.05) is 77.8 Å². The van der Waals surface area contributed by atoms with Crippen LogP contribution in [0, 0.1) is 10.7 Å². The van der Waals surface area contributed by atoms with E-state index in [0.29, 0.717) is 5.02 Å². The number of nitrogens with zero attached hydrogens (tertiary/aromatic N) is 3. The first kappa shape index (κ1) is 19.4. The van der Waals surface area contributed by atoms with E-state index in [2.05, 4.69) is 5.40 Å². The second-order valence-corrected chi connectivity index (χ2v) is 7.87. The minimum atomic E-state index is 0.0684. The van der Waals surface area contributed by atoms with Gasteiger partial charge in [0.1, 0.15) is 11.2 Å². The lowest BCUT2D eigenvalue weighted by Crippen LogP contribution is -2.18. The van der Waals surface area contributed by atoms with Crippen molar-refractivity contribution in [3.05, 3.63) is 88.9 Å². The van der Waals surface area contributed by atoms with Crippen molar-refractivity contribution >= 4 is 34.8 Å². The minimum Gasteiger partial charge on any atom is -0.497 e. The summed E-state index contributed by atoms with van der Waals surface area (Å²) in [5.74, 6) is 0.823. The van der Waals surface area contributed by atoms with Gasteiger partial charge in [-0.3, -0.25) is 5.01 Å². The van der Waals surface area contributed by atoms with Crippen LogP contribution in [0.5, 0.6) is 5.75 Å². The summed E-state index contributed by atoms with van der Waals surface area (Å²) in [4.78, 5) is 0.915. The number of hydrogen-bond acceptors (Lipinski definition) is 5. The predicted molar refractivity (Wildman–Crippen MR) is 119 cm³/mol. The Morgan fingerprint density at radius 3 is 2.34 bits per heavy atom. The van der Waals surface area contributed by atoms with E-state index >= 15 is 0 Å². The molecule has 0 bridgehead atoms. The molecule has 0 saturated carbocycles. The fourth-order valence-corrected chi connectivity index (χ4v) is 3.87. The molecule has 0 saturated heterocycles. The Kier molecular flexibility index (Phi) is 5.75. The van der Waals surface area contributed by atoms with Crippen LogP contribution in [-0.2, 0) is 0 Å². The molecule has 1 heterocycles. The molecule has 29 heavy (non-hydrogen) atoms. The summed E-state index contributed by atoms with van der Waals surface area (Å²) in [5, 5.41) is 18.7. The molecule has 4 nitrogen and oxygen atoms in total. The summed E-state index contributed by atoms with van der Waals surface area (Å²) in [7, 11) is 1.66. The van der Waals surface area contributed by atoms with Crippen LogP contribution in [0.25, 0.3) is 0 Å². The summed E-state index contributed by atoms with van der Waals surface area (Å²) >= 11 is 7.24. The van der Waals surface area contributed by atoms with Crippen molar-refractivity contribution in [2.45, 2.75) is 17.4 Å². The molecule has 1 atom stereocenters. The lowest BCUT2D eigenvalue weighted by molar-refractivity contribution is 0.415. The molecule has 0 radical (unpaired) electrons. The highest BCUT2D eigenvalue weighted by molar-refractivity contribution is 8.03. The first-order valence-corrected chi connectivity index (χ1v) is 10.3. The average Bonchev–Trinajstić information content (AvgIpc) is 3.20. The number of benzene rings is 3. The number of halogens is 1. The van der Waals surface area contributed by atoms with E-state index in [1.165, 1.54) is 0 Å². The molecule has 0 fully saturated rings. The molecule has 6 heteroatoms. The first-order chi connectivity index (χ1) is 14.2. The molecule has 0 aromatic heterocycles. The van der Waals surface area contributed by atoms with E-state index in [9.17, 15) is 0 Å². The van der Waals surface area contributed by atoms with Crippen LogP contribution in [0.3, 0.4) is 0 Å². The zero-order valence-corrected chi connectivity index (χ0v) is 17.3. The van der Waals surface area contributed by atoms with Gasteiger partial charge in [-0.25, -0.2) is 0 Å². The standard InChI is InChI=1S/C23H18ClN3OS/c1-28-20-10-4-16(5-11-20)22-14-23(17-2-6-18(24)7-3-17)27(26-22)19-8-12-21(13-9-19)29-15-25/h2-13,23H,14H2,1H3. The highest BCUT2D eigenvalue weighted by atomic mass is 35.5. The summed E-state index contributed by atoms with van der Waals surface area (Å²) in [6.45, 7) is 0. The van der Waals surface area contributed by atoms with Gasteiger partial charge < -0.3 is 4.74 Å². The van der Waals surface area contributed by atoms with E-state index in [-0.39, 0.29) is 6.04 Å². The molecule has 4 rings (SSSR count). The number of rotatable bonds is 5. The minimum absolute atomic E-state index is 0.0684. The lowest BCUT2D eigenvalue weighted by Gasteiger charge is -2.24. The second-order valence-electron chi connectivity index (χ2n) is 6.58. The SMILES string of the molecule is COc1ccc(C2=NN(c3ccc(SC#N)cc3)C(c3ccc(Cl)cc3)C2)cc1. The van der Waals surface area contributed by atoms with Crippen LogP contribution in [0.1, 0.15) is 23.6 Å². The number of hydrogen-bond donors (Lipinski definition) is 0. The Morgan fingerprint density at radius 1 is 1.03 bits per heavy atom. The summed E-state index contributed by atoms with van der Waals surface area (Å²) < 4.78 is 5.27. The van der Waals surface area contributed by atoms with Crippen LogP contribution in [0.4, 0.5) is 5.69 Å². The van der Waals surface area contributed by atoms with Crippen LogP contribution >= 0.6 is 23.4 Å². The third kappa shape index (κ3) is 4.24. The van der Waals surface area contributed by atoms with Gasteiger partial charge in [0.25, 0.3) is 0 Å². The van der Waals surface area contributed by atoms with Crippen LogP contribution in [-0.4, -0.2) is 12.8 Å². The van der Waals surface area contributed by atoms with Gasteiger partial charge in [-0.1, -0.05) is 23.7 Å². The van der Waals surface area contributed by atoms with Crippen molar-refractivity contribution in [1.29, 1.82) is 5.26 Å². The van der Waals surface area contributed by atoms with Crippen LogP contribution < -0.4 is 9.75 Å². The maximum absolute atomic E-state index is 8.87. The highest BCUT2D eigenvalue weighted by Gasteiger charge is 2.30. The maximum Gasteiger partial charge on any atom is 0.138 e. The average molecular weight is 420 g/mol. The molecule has 1 aliphatic heterocycles. The number of methoxy groups -OCH3 is 1. The smallest absolute Gasteiger partial charge is 0.138 e. The molecule has 0 spiro atoms. The molecular formula is C23H18ClN3OS. The topological polar surface area (TPSA) is 48.6 Å². The van der Waals surface area contributed by atoms with Gasteiger partial charge in [-0.2, -0.15) is 10.4 Å². The molecule has 144 valence electrons. The van der Waals surface area contributed by atoms with Gasteiger partial charge in [-0.05, 0) is 83.6 Å². The van der Waals surface area contributed by atoms with E-state index in [4.69, 9.17) is 26.7 Å². The number of thiocyanates is 1. The zero-order valence-electron chi connectivity index (χ0n) is 15.7. The molecule has 0 aliphatic carbocycles. The van der Waals surface area contributed by atoms with Crippen molar-refractivity contribution < 1.29 is 4.74 Å². The van der Waals surface area contributed by atoms with E-state index in [0.717, 1.165) is 51.4 Å². The Morgan fingerprint density at radius 2 is 1.72 bits per heavy atom. The molecule has 3 aromatic carbocycles. The van der Waals surface area contributed by atoms with E-state index in [1.54, 1.807) is 7.11 Å². The fourth-order valence-electron chi connectivity index (χ4n) is 3.37. The third-order valence-electron chi connectivity index (χ3n) is 4.85. The highest BCUT2D eigenvalue weighted by Crippen LogP contribution is 2.37. The summed E-state index contributed by atoms with van der Waals surface area (Å²) in [6.07, 6.45) is 0.780. The Hall–Kier alpha value is -2.94. The Balaban J connectivity index is 1.70. The van der Waals surface area contributed by atoms with Gasteiger partial charge in [0.05, 0.1) is 24.6 Å². The first-order valence-electron chi connectivity index (χ1n) is 9.10. The number of hydrazone groups is 1. The third-order valence-corrected chi connectivity index (χ3v) is 5.70. The van der Waals surface area contributed by atoms with Crippen molar-refractivity contribution in [3.63, 3.8) is 0 Å². The Bertz CT molecular complexity index is 1060. The van der Waals surface area contributed by atoms with Crippen LogP contribution in [0.2, 0.25) is 5.02 Å². The quantitative estimate of drug-likeness (QED) is 0.361. The number of anilines is 1. The molecule has 0 N–H and O–H groups in total. The van der Waals surface area contributed by atoms with Crippen LogP contribution in [0.15, 0.2) is 82.8 Å². The normalized spacial score (nSPS) is 15.7. The van der Waals surface area contributed by atoms with Crippen molar-refractivity contribution in [1.82, 2.24) is 0 Å². The molecule has 1 aliphatic rings. The maximum atomic E-state index is 8.87. The largest absolute Gasteiger partial charge is 0.497 e. The number of nitriles is 1. The number of ether oxygens (including phenoxy) is 1. The van der Waals surface area contributed by atoms with Gasteiger partial charge in [0.2, 0.25) is 0 Å². The Labute approximate surface area is 179 Å². The monoisotopic (exact) mass is 419 g/mol.